The molecule has 0 saturated heterocycles. The molecule has 0 atom stereocenters. The number of carboxylic acid groups (broad SMARTS) is 1. The second-order valence-corrected chi connectivity index (χ2v) is 5.56. The van der Waals surface area contributed by atoms with Crippen molar-refractivity contribution in [3.05, 3.63) is 53.2 Å². The number of hydrogen-bond acceptors (Lipinski definition) is 4. The lowest BCUT2D eigenvalue weighted by Crippen LogP contribution is -2.31. The zero-order valence-electron chi connectivity index (χ0n) is 12.7. The van der Waals surface area contributed by atoms with E-state index in [4.69, 9.17) is 5.11 Å². The molecule has 1 aromatic carbocycles. The molecule has 0 fully saturated rings. The quantitative estimate of drug-likeness (QED) is 0.829. The number of amides is 1. The maximum atomic E-state index is 11.4. The summed E-state index contributed by atoms with van der Waals surface area (Å²) in [5.41, 5.74) is 3.80. The van der Waals surface area contributed by atoms with Gasteiger partial charge in [-0.05, 0) is 30.0 Å². The van der Waals surface area contributed by atoms with Crippen LogP contribution >= 0.6 is 0 Å². The number of carbonyl (C=O) groups excluding carboxylic acids is 1. The Morgan fingerprint density at radius 3 is 2.74 bits per heavy atom. The third-order valence-corrected chi connectivity index (χ3v) is 3.99. The van der Waals surface area contributed by atoms with Gasteiger partial charge in [0.15, 0.2) is 0 Å². The van der Waals surface area contributed by atoms with Gasteiger partial charge in [-0.2, -0.15) is 0 Å². The number of nitrogens with one attached hydrogen (secondary N) is 1. The van der Waals surface area contributed by atoms with Crippen LogP contribution in [0, 0.1) is 6.92 Å². The molecule has 0 radical (unpaired) electrons. The number of aromatic nitrogens is 1. The van der Waals surface area contributed by atoms with Crippen LogP contribution < -0.4 is 10.2 Å². The molecule has 0 aliphatic carbocycles. The zero-order valence-corrected chi connectivity index (χ0v) is 12.7. The van der Waals surface area contributed by atoms with Crippen LogP contribution in [0.2, 0.25) is 0 Å². The largest absolute Gasteiger partial charge is 0.474 e. The first-order valence-corrected chi connectivity index (χ1v) is 7.37. The van der Waals surface area contributed by atoms with Crippen molar-refractivity contribution in [2.24, 2.45) is 0 Å². The van der Waals surface area contributed by atoms with Crippen LogP contribution in [-0.4, -0.2) is 28.5 Å². The highest BCUT2D eigenvalue weighted by atomic mass is 16.4. The Morgan fingerprint density at radius 2 is 2.00 bits per heavy atom. The molecular formula is C17H17N3O3. The van der Waals surface area contributed by atoms with Gasteiger partial charge in [0.05, 0.1) is 0 Å². The molecule has 23 heavy (non-hydrogen) atoms. The normalized spacial score (nSPS) is 13.3. The van der Waals surface area contributed by atoms with Crippen LogP contribution in [0.1, 0.15) is 16.7 Å². The number of anilines is 2. The Kier molecular flexibility index (Phi) is 3.97. The number of nitrogens with zero attached hydrogens (tertiary/aromatic N) is 2. The topological polar surface area (TPSA) is 82.5 Å². The molecule has 2 N–H and O–H groups in total. The minimum atomic E-state index is -1.50. The predicted octanol–water partition coefficient (Wildman–Crippen LogP) is 1.98. The number of pyridine rings is 1. The third kappa shape index (κ3) is 3.15. The van der Waals surface area contributed by atoms with E-state index in [1.54, 1.807) is 19.2 Å². The van der Waals surface area contributed by atoms with Gasteiger partial charge in [0, 0.05) is 31.0 Å². The molecule has 1 aromatic heterocycles. The van der Waals surface area contributed by atoms with E-state index in [-0.39, 0.29) is 0 Å². The van der Waals surface area contributed by atoms with Crippen LogP contribution in [0.4, 0.5) is 11.5 Å². The lowest BCUT2D eigenvalue weighted by molar-refractivity contribution is -0.147. The summed E-state index contributed by atoms with van der Waals surface area (Å²) in [7, 11) is 0. The molecule has 0 spiro atoms. The van der Waals surface area contributed by atoms with Crippen molar-refractivity contribution < 1.29 is 14.7 Å². The maximum Gasteiger partial charge on any atom is 0.394 e. The van der Waals surface area contributed by atoms with Crippen LogP contribution in [0.3, 0.4) is 0 Å². The molecule has 2 aromatic rings. The number of aryl methyl sites for hydroxylation is 1. The van der Waals surface area contributed by atoms with Gasteiger partial charge < -0.3 is 15.3 Å². The van der Waals surface area contributed by atoms with Gasteiger partial charge in [0.1, 0.15) is 5.82 Å². The van der Waals surface area contributed by atoms with Crippen LogP contribution in [0.5, 0.6) is 0 Å². The molecule has 0 unspecified atom stereocenters. The van der Waals surface area contributed by atoms with Crippen molar-refractivity contribution in [2.75, 3.05) is 16.8 Å². The van der Waals surface area contributed by atoms with E-state index in [1.807, 2.05) is 12.1 Å². The fourth-order valence-corrected chi connectivity index (χ4v) is 2.69. The van der Waals surface area contributed by atoms with Gasteiger partial charge in [-0.25, -0.2) is 9.78 Å². The number of benzene rings is 1. The third-order valence-electron chi connectivity index (χ3n) is 3.99. The van der Waals surface area contributed by atoms with Gasteiger partial charge in [-0.15, -0.1) is 0 Å². The molecule has 118 valence electrons. The van der Waals surface area contributed by atoms with Gasteiger partial charge >= 0.3 is 11.9 Å². The highest BCUT2D eigenvalue weighted by molar-refractivity contribution is 6.36. The average Bonchev–Trinajstić information content (AvgIpc) is 2.56. The summed E-state index contributed by atoms with van der Waals surface area (Å²) in [5.74, 6) is -1.82. The van der Waals surface area contributed by atoms with E-state index in [2.05, 4.69) is 27.3 Å². The summed E-state index contributed by atoms with van der Waals surface area (Å²) in [5, 5.41) is 11.1. The minimum absolute atomic E-state index is 0.473. The van der Waals surface area contributed by atoms with Gasteiger partial charge in [0.2, 0.25) is 0 Å². The monoisotopic (exact) mass is 311 g/mol. The van der Waals surface area contributed by atoms with Gasteiger partial charge in [-0.1, -0.05) is 24.3 Å². The maximum absolute atomic E-state index is 11.4. The van der Waals surface area contributed by atoms with Crippen molar-refractivity contribution in [3.8, 4) is 0 Å². The highest BCUT2D eigenvalue weighted by Gasteiger charge is 2.19. The van der Waals surface area contributed by atoms with Crippen LogP contribution in [0.15, 0.2) is 36.5 Å². The van der Waals surface area contributed by atoms with E-state index in [9.17, 15) is 9.59 Å². The Balaban J connectivity index is 1.84. The van der Waals surface area contributed by atoms with E-state index >= 15 is 0 Å². The molecule has 1 aliphatic heterocycles. The molecule has 0 saturated carbocycles. The molecule has 6 nitrogen and oxygen atoms in total. The fraction of sp³-hybridized carbons (Fsp3) is 0.235. The molecule has 6 heteroatoms. The Bertz CT molecular complexity index is 773. The second-order valence-electron chi connectivity index (χ2n) is 5.56. The number of carbonyl (C=O) groups is 2. The second kappa shape index (κ2) is 6.08. The lowest BCUT2D eigenvalue weighted by atomic mass is 10.00. The van der Waals surface area contributed by atoms with E-state index in [0.29, 0.717) is 5.69 Å². The Labute approximate surface area is 133 Å². The van der Waals surface area contributed by atoms with E-state index in [1.165, 1.54) is 11.1 Å². The molecule has 3 rings (SSSR count). The summed E-state index contributed by atoms with van der Waals surface area (Å²) in [6.45, 7) is 3.36. The number of carboxylic acids is 1. The summed E-state index contributed by atoms with van der Waals surface area (Å²) in [4.78, 5) is 28.6. The molecular weight excluding hydrogens is 294 g/mol. The van der Waals surface area contributed by atoms with Crippen molar-refractivity contribution in [1.29, 1.82) is 0 Å². The summed E-state index contributed by atoms with van der Waals surface area (Å²) < 4.78 is 0. The zero-order chi connectivity index (χ0) is 16.4. The lowest BCUT2D eigenvalue weighted by Gasteiger charge is -2.30. The Morgan fingerprint density at radius 1 is 1.26 bits per heavy atom. The first-order valence-electron chi connectivity index (χ1n) is 7.37. The predicted molar refractivity (Wildman–Crippen MR) is 86.4 cm³/mol. The number of aliphatic carboxylic acids is 1. The SMILES string of the molecule is Cc1cnc(N2CCc3ccccc3C2)cc1NC(=O)C(=O)O. The molecule has 1 aliphatic rings. The first-order chi connectivity index (χ1) is 11.0. The number of hydrogen-bond donors (Lipinski definition) is 2. The van der Waals surface area contributed by atoms with Gasteiger partial charge in [0.25, 0.3) is 0 Å². The summed E-state index contributed by atoms with van der Waals surface area (Å²) in [6, 6.07) is 10.0. The number of fused-ring (bicyclic) bond motifs is 1. The van der Waals surface area contributed by atoms with Crippen molar-refractivity contribution in [3.63, 3.8) is 0 Å². The smallest absolute Gasteiger partial charge is 0.394 e. The van der Waals surface area contributed by atoms with Crippen molar-refractivity contribution in [2.45, 2.75) is 19.9 Å². The summed E-state index contributed by atoms with van der Waals surface area (Å²) >= 11 is 0. The van der Waals surface area contributed by atoms with Crippen molar-refractivity contribution >= 4 is 23.4 Å². The first kappa shape index (κ1) is 15.0. The highest BCUT2D eigenvalue weighted by Crippen LogP contribution is 2.26. The van der Waals surface area contributed by atoms with Crippen molar-refractivity contribution in [1.82, 2.24) is 4.98 Å². The van der Waals surface area contributed by atoms with Crippen LogP contribution in [-0.2, 0) is 22.6 Å². The van der Waals surface area contributed by atoms with E-state index < -0.39 is 11.9 Å². The molecule has 2 heterocycles. The number of rotatable bonds is 2. The average molecular weight is 311 g/mol. The molecule has 1 amide bonds. The standard InChI is InChI=1S/C17H17N3O3/c1-11-9-18-15(8-14(11)19-16(21)17(22)23)20-7-6-12-4-2-3-5-13(12)10-20/h2-5,8-9H,6-7,10H2,1H3,(H,22,23)(H,18,19,21). The van der Waals surface area contributed by atoms with Gasteiger partial charge in [-0.3, -0.25) is 4.79 Å². The minimum Gasteiger partial charge on any atom is -0.474 e. The van der Waals surface area contributed by atoms with E-state index in [0.717, 1.165) is 30.9 Å². The summed E-state index contributed by atoms with van der Waals surface area (Å²) in [6.07, 6.45) is 2.58. The van der Waals surface area contributed by atoms with Crippen LogP contribution in [0.25, 0.3) is 0 Å². The Hall–Kier alpha value is -2.89. The fourth-order valence-electron chi connectivity index (χ4n) is 2.69. The molecule has 0 bridgehead atoms.